The number of hydrogen-bond acceptors (Lipinski definition) is 4. The Labute approximate surface area is 120 Å². The van der Waals surface area contributed by atoms with Gasteiger partial charge in [0.2, 0.25) is 0 Å². The zero-order valence-electron chi connectivity index (χ0n) is 12.4. The van der Waals surface area contributed by atoms with Gasteiger partial charge in [-0.15, -0.1) is 0 Å². The highest BCUT2D eigenvalue weighted by Crippen LogP contribution is 2.19. The van der Waals surface area contributed by atoms with Gasteiger partial charge in [-0.3, -0.25) is 0 Å². The molecule has 0 bridgehead atoms. The van der Waals surface area contributed by atoms with Crippen LogP contribution in [0.3, 0.4) is 0 Å². The lowest BCUT2D eigenvalue weighted by molar-refractivity contribution is 0.857. The minimum absolute atomic E-state index is 0.213. The summed E-state index contributed by atoms with van der Waals surface area (Å²) in [5.41, 5.74) is 1.24. The summed E-state index contributed by atoms with van der Waals surface area (Å²) < 4.78 is 0. The fourth-order valence-corrected chi connectivity index (χ4v) is 2.05. The molecular formula is C16H22N4. The molecule has 4 heteroatoms. The number of anilines is 2. The van der Waals surface area contributed by atoms with E-state index in [1.165, 1.54) is 5.56 Å². The molecule has 1 aromatic carbocycles. The largest absolute Gasteiger partial charge is 0.370 e. The van der Waals surface area contributed by atoms with Crippen LogP contribution < -0.4 is 10.6 Å². The van der Waals surface area contributed by atoms with Crippen molar-refractivity contribution in [3.63, 3.8) is 0 Å². The highest BCUT2D eigenvalue weighted by atomic mass is 15.1. The van der Waals surface area contributed by atoms with Gasteiger partial charge in [-0.2, -0.15) is 0 Å². The number of benzene rings is 1. The van der Waals surface area contributed by atoms with Gasteiger partial charge in [0.1, 0.15) is 17.5 Å². The molecule has 1 unspecified atom stereocenters. The van der Waals surface area contributed by atoms with E-state index >= 15 is 0 Å². The molecule has 0 fully saturated rings. The number of nitrogens with one attached hydrogen (secondary N) is 2. The molecule has 1 atom stereocenters. The third-order valence-corrected chi connectivity index (χ3v) is 3.11. The van der Waals surface area contributed by atoms with Crippen LogP contribution in [-0.4, -0.2) is 16.5 Å². The van der Waals surface area contributed by atoms with Crippen LogP contribution in [0.5, 0.6) is 0 Å². The monoisotopic (exact) mass is 270 g/mol. The van der Waals surface area contributed by atoms with Crippen LogP contribution in [0, 0.1) is 0 Å². The number of rotatable bonds is 6. The Morgan fingerprint density at radius 2 is 1.75 bits per heavy atom. The van der Waals surface area contributed by atoms with Gasteiger partial charge in [-0.05, 0) is 19.4 Å². The van der Waals surface area contributed by atoms with Gasteiger partial charge >= 0.3 is 0 Å². The Balaban J connectivity index is 2.17. The fourth-order valence-electron chi connectivity index (χ4n) is 2.05. The molecule has 0 aliphatic carbocycles. The summed E-state index contributed by atoms with van der Waals surface area (Å²) >= 11 is 0. The van der Waals surface area contributed by atoms with Gasteiger partial charge in [0, 0.05) is 25.1 Å². The summed E-state index contributed by atoms with van der Waals surface area (Å²) in [5, 5.41) is 6.69. The van der Waals surface area contributed by atoms with E-state index in [-0.39, 0.29) is 6.04 Å². The highest BCUT2D eigenvalue weighted by molar-refractivity contribution is 5.48. The summed E-state index contributed by atoms with van der Waals surface area (Å²) in [7, 11) is 0. The van der Waals surface area contributed by atoms with Crippen molar-refractivity contribution < 1.29 is 0 Å². The number of hydrogen-bond donors (Lipinski definition) is 2. The van der Waals surface area contributed by atoms with Crippen molar-refractivity contribution in [1.82, 2.24) is 9.97 Å². The average Bonchev–Trinajstić information content (AvgIpc) is 2.48. The van der Waals surface area contributed by atoms with Gasteiger partial charge in [-0.1, -0.05) is 37.3 Å². The number of aromatic nitrogens is 2. The van der Waals surface area contributed by atoms with E-state index in [1.807, 2.05) is 12.1 Å². The second-order valence-corrected chi connectivity index (χ2v) is 4.72. The van der Waals surface area contributed by atoms with Crippen LogP contribution in [0.4, 0.5) is 11.6 Å². The number of nitrogens with zero attached hydrogens (tertiary/aromatic N) is 2. The van der Waals surface area contributed by atoms with E-state index in [2.05, 4.69) is 65.6 Å². The summed E-state index contributed by atoms with van der Waals surface area (Å²) in [4.78, 5) is 9.00. The Kier molecular flexibility index (Phi) is 4.93. The first-order chi connectivity index (χ1) is 9.72. The molecule has 2 rings (SSSR count). The summed E-state index contributed by atoms with van der Waals surface area (Å²) in [6.45, 7) is 7.12. The highest BCUT2D eigenvalue weighted by Gasteiger charge is 2.08. The molecular weight excluding hydrogens is 248 g/mol. The molecule has 2 N–H and O–H groups in total. The quantitative estimate of drug-likeness (QED) is 0.841. The molecule has 2 aromatic rings. The third kappa shape index (κ3) is 3.70. The standard InChI is InChI=1S/C16H22N4/c1-4-14-19-15(17-5-2)11-16(20-14)18-12(3)13-9-7-6-8-10-13/h6-12H,4-5H2,1-3H3,(H2,17,18,19,20). The van der Waals surface area contributed by atoms with E-state index in [4.69, 9.17) is 0 Å². The molecule has 4 nitrogen and oxygen atoms in total. The van der Waals surface area contributed by atoms with Crippen molar-refractivity contribution >= 4 is 11.6 Å². The van der Waals surface area contributed by atoms with Crippen LogP contribution in [0.25, 0.3) is 0 Å². The maximum Gasteiger partial charge on any atom is 0.132 e. The number of aryl methyl sites for hydroxylation is 1. The zero-order chi connectivity index (χ0) is 14.4. The molecule has 1 heterocycles. The van der Waals surface area contributed by atoms with Gasteiger partial charge in [0.15, 0.2) is 0 Å². The third-order valence-electron chi connectivity index (χ3n) is 3.11. The van der Waals surface area contributed by atoms with Crippen molar-refractivity contribution in [2.24, 2.45) is 0 Å². The molecule has 0 aliphatic heterocycles. The normalized spacial score (nSPS) is 11.9. The molecule has 106 valence electrons. The molecule has 0 radical (unpaired) electrons. The van der Waals surface area contributed by atoms with Crippen molar-refractivity contribution in [1.29, 1.82) is 0 Å². The first kappa shape index (κ1) is 14.3. The second-order valence-electron chi connectivity index (χ2n) is 4.72. The second kappa shape index (κ2) is 6.89. The van der Waals surface area contributed by atoms with Crippen molar-refractivity contribution in [3.8, 4) is 0 Å². The van der Waals surface area contributed by atoms with Crippen LogP contribution >= 0.6 is 0 Å². The van der Waals surface area contributed by atoms with E-state index in [0.717, 1.165) is 30.4 Å². The maximum atomic E-state index is 4.54. The summed E-state index contributed by atoms with van der Waals surface area (Å²) in [6, 6.07) is 12.5. The van der Waals surface area contributed by atoms with Crippen LogP contribution in [0.15, 0.2) is 36.4 Å². The van der Waals surface area contributed by atoms with Crippen LogP contribution in [-0.2, 0) is 6.42 Å². The predicted octanol–water partition coefficient (Wildman–Crippen LogP) is 3.64. The topological polar surface area (TPSA) is 49.8 Å². The SMILES string of the molecule is CCNc1cc(NC(C)c2ccccc2)nc(CC)n1. The lowest BCUT2D eigenvalue weighted by Crippen LogP contribution is -2.11. The molecule has 0 saturated heterocycles. The van der Waals surface area contributed by atoms with Crippen molar-refractivity contribution in [2.45, 2.75) is 33.2 Å². The van der Waals surface area contributed by atoms with Gasteiger partial charge < -0.3 is 10.6 Å². The Morgan fingerprint density at radius 1 is 1.05 bits per heavy atom. The average molecular weight is 270 g/mol. The predicted molar refractivity (Wildman–Crippen MR) is 84.1 cm³/mol. The van der Waals surface area contributed by atoms with E-state index in [9.17, 15) is 0 Å². The van der Waals surface area contributed by atoms with Crippen LogP contribution in [0.2, 0.25) is 0 Å². The minimum Gasteiger partial charge on any atom is -0.370 e. The van der Waals surface area contributed by atoms with Gasteiger partial charge in [0.05, 0.1) is 0 Å². The zero-order valence-corrected chi connectivity index (χ0v) is 12.4. The summed E-state index contributed by atoms with van der Waals surface area (Å²) in [6.07, 6.45) is 0.827. The van der Waals surface area contributed by atoms with Gasteiger partial charge in [-0.25, -0.2) is 9.97 Å². The lowest BCUT2D eigenvalue weighted by Gasteiger charge is -2.16. The molecule has 0 amide bonds. The van der Waals surface area contributed by atoms with E-state index in [1.54, 1.807) is 0 Å². The van der Waals surface area contributed by atoms with Gasteiger partial charge in [0.25, 0.3) is 0 Å². The maximum absolute atomic E-state index is 4.54. The first-order valence-corrected chi connectivity index (χ1v) is 7.16. The van der Waals surface area contributed by atoms with E-state index < -0.39 is 0 Å². The lowest BCUT2D eigenvalue weighted by atomic mass is 10.1. The molecule has 0 aliphatic rings. The summed E-state index contributed by atoms with van der Waals surface area (Å²) in [5.74, 6) is 2.59. The Bertz CT molecular complexity index is 539. The van der Waals surface area contributed by atoms with Crippen molar-refractivity contribution in [3.05, 3.63) is 47.8 Å². The fraction of sp³-hybridized carbons (Fsp3) is 0.375. The Morgan fingerprint density at radius 3 is 2.40 bits per heavy atom. The molecule has 20 heavy (non-hydrogen) atoms. The molecule has 1 aromatic heterocycles. The Hall–Kier alpha value is -2.10. The first-order valence-electron chi connectivity index (χ1n) is 7.16. The minimum atomic E-state index is 0.213. The molecule has 0 saturated carbocycles. The molecule has 0 spiro atoms. The van der Waals surface area contributed by atoms with E-state index in [0.29, 0.717) is 0 Å². The van der Waals surface area contributed by atoms with Crippen molar-refractivity contribution in [2.75, 3.05) is 17.2 Å². The van der Waals surface area contributed by atoms with Crippen LogP contribution in [0.1, 0.15) is 38.2 Å². The smallest absolute Gasteiger partial charge is 0.132 e.